The fourth-order valence-electron chi connectivity index (χ4n) is 1.66. The summed E-state index contributed by atoms with van der Waals surface area (Å²) < 4.78 is 22.7. The fourth-order valence-corrected chi connectivity index (χ4v) is 2.31. The van der Waals surface area contributed by atoms with Crippen molar-refractivity contribution >= 4 is 21.2 Å². The lowest BCUT2D eigenvalue weighted by Crippen LogP contribution is -2.20. The van der Waals surface area contributed by atoms with E-state index in [1.165, 1.54) is 12.1 Å². The summed E-state index contributed by atoms with van der Waals surface area (Å²) >= 11 is 0. The van der Waals surface area contributed by atoms with Gasteiger partial charge in [0.15, 0.2) is 9.84 Å². The number of hydrogen-bond acceptors (Lipinski definition) is 5. The van der Waals surface area contributed by atoms with Gasteiger partial charge < -0.3 is 16.2 Å². The van der Waals surface area contributed by atoms with Gasteiger partial charge in [-0.2, -0.15) is 0 Å². The molecule has 0 radical (unpaired) electrons. The average molecular weight is 272 g/mol. The van der Waals surface area contributed by atoms with Gasteiger partial charge in [-0.15, -0.1) is 0 Å². The number of anilines is 2. The average Bonchev–Trinajstić information content (AvgIpc) is 2.29. The van der Waals surface area contributed by atoms with Crippen LogP contribution in [0.1, 0.15) is 19.8 Å². The van der Waals surface area contributed by atoms with Gasteiger partial charge >= 0.3 is 0 Å². The molecule has 0 aromatic heterocycles. The number of rotatable bonds is 6. The Morgan fingerprint density at radius 1 is 1.44 bits per heavy atom. The second-order valence-corrected chi connectivity index (χ2v) is 6.30. The summed E-state index contributed by atoms with van der Waals surface area (Å²) in [6.45, 7) is 2.11. The lowest BCUT2D eigenvalue weighted by Gasteiger charge is -2.18. The number of aliphatic hydroxyl groups is 1. The lowest BCUT2D eigenvalue weighted by molar-refractivity contribution is 0.278. The first-order valence-corrected chi connectivity index (χ1v) is 7.74. The van der Waals surface area contributed by atoms with E-state index in [0.29, 0.717) is 17.8 Å². The maximum atomic E-state index is 11.4. The molecule has 0 bridgehead atoms. The summed E-state index contributed by atoms with van der Waals surface area (Å²) in [5, 5.41) is 12.1. The Morgan fingerprint density at radius 2 is 2.11 bits per heavy atom. The summed E-state index contributed by atoms with van der Waals surface area (Å²) in [5.74, 6) is 0. The van der Waals surface area contributed by atoms with Crippen molar-refractivity contribution in [1.82, 2.24) is 0 Å². The van der Waals surface area contributed by atoms with E-state index in [1.54, 1.807) is 6.07 Å². The van der Waals surface area contributed by atoms with Gasteiger partial charge in [0.05, 0.1) is 16.3 Å². The molecule has 1 unspecified atom stereocenters. The summed E-state index contributed by atoms with van der Waals surface area (Å²) in [4.78, 5) is 0.209. The third-order valence-electron chi connectivity index (χ3n) is 2.78. The maximum absolute atomic E-state index is 11.4. The van der Waals surface area contributed by atoms with E-state index in [0.717, 1.165) is 12.7 Å². The molecule has 102 valence electrons. The third kappa shape index (κ3) is 3.89. The van der Waals surface area contributed by atoms with Crippen LogP contribution in [-0.4, -0.2) is 32.4 Å². The molecule has 0 aliphatic heterocycles. The zero-order valence-electron chi connectivity index (χ0n) is 10.7. The Kier molecular flexibility index (Phi) is 4.98. The summed E-state index contributed by atoms with van der Waals surface area (Å²) in [6.07, 6.45) is 2.63. The number of benzene rings is 1. The number of nitrogens with two attached hydrogens (primary N) is 1. The molecule has 0 spiro atoms. The second-order valence-electron chi connectivity index (χ2n) is 4.28. The third-order valence-corrected chi connectivity index (χ3v) is 3.89. The van der Waals surface area contributed by atoms with Crippen molar-refractivity contribution in [1.29, 1.82) is 0 Å². The maximum Gasteiger partial charge on any atom is 0.175 e. The lowest BCUT2D eigenvalue weighted by atomic mass is 10.1. The molecular formula is C12H20N2O3S. The summed E-state index contributed by atoms with van der Waals surface area (Å²) in [5.41, 5.74) is 6.92. The Morgan fingerprint density at radius 3 is 2.56 bits per heavy atom. The van der Waals surface area contributed by atoms with Crippen molar-refractivity contribution < 1.29 is 13.5 Å². The molecule has 0 fully saturated rings. The quantitative estimate of drug-likeness (QED) is 0.678. The van der Waals surface area contributed by atoms with E-state index < -0.39 is 9.84 Å². The van der Waals surface area contributed by atoms with Crippen LogP contribution in [0.15, 0.2) is 23.1 Å². The van der Waals surface area contributed by atoms with Crippen LogP contribution < -0.4 is 11.1 Å². The standard InChI is InChI=1S/C12H20N2O3S/c1-3-9(6-7-15)14-12-5-4-10(8-11(12)13)18(2,16)17/h4-5,8-9,14-15H,3,6-7,13H2,1-2H3. The van der Waals surface area contributed by atoms with E-state index in [9.17, 15) is 8.42 Å². The van der Waals surface area contributed by atoms with Gasteiger partial charge in [-0.05, 0) is 31.0 Å². The first-order chi connectivity index (χ1) is 8.38. The van der Waals surface area contributed by atoms with E-state index in [2.05, 4.69) is 5.32 Å². The molecule has 18 heavy (non-hydrogen) atoms. The molecule has 0 amide bonds. The van der Waals surface area contributed by atoms with Gasteiger partial charge in [-0.25, -0.2) is 8.42 Å². The molecule has 0 saturated carbocycles. The SMILES string of the molecule is CCC(CCO)Nc1ccc(S(C)(=O)=O)cc1N. The largest absolute Gasteiger partial charge is 0.397 e. The van der Waals surface area contributed by atoms with Crippen molar-refractivity contribution in [3.8, 4) is 0 Å². The summed E-state index contributed by atoms with van der Waals surface area (Å²) in [7, 11) is -3.23. The predicted octanol–water partition coefficient (Wildman–Crippen LogP) is 1.25. The van der Waals surface area contributed by atoms with Crippen LogP contribution >= 0.6 is 0 Å². The molecule has 1 aromatic carbocycles. The Labute approximate surface area is 108 Å². The van der Waals surface area contributed by atoms with Crippen molar-refractivity contribution in [2.45, 2.75) is 30.7 Å². The number of sulfone groups is 1. The topological polar surface area (TPSA) is 92.4 Å². The molecule has 6 heteroatoms. The molecular weight excluding hydrogens is 252 g/mol. The monoisotopic (exact) mass is 272 g/mol. The molecule has 0 aliphatic carbocycles. The van der Waals surface area contributed by atoms with E-state index in [-0.39, 0.29) is 17.5 Å². The first kappa shape index (κ1) is 14.8. The van der Waals surface area contributed by atoms with Crippen LogP contribution in [0.4, 0.5) is 11.4 Å². The summed E-state index contributed by atoms with van der Waals surface area (Å²) in [6, 6.07) is 4.76. The highest BCUT2D eigenvalue weighted by molar-refractivity contribution is 7.90. The predicted molar refractivity (Wildman–Crippen MR) is 73.4 cm³/mol. The number of aliphatic hydroxyl groups excluding tert-OH is 1. The van der Waals surface area contributed by atoms with Crippen LogP contribution in [0.25, 0.3) is 0 Å². The number of nitrogen functional groups attached to an aromatic ring is 1. The van der Waals surface area contributed by atoms with Gasteiger partial charge in [0.1, 0.15) is 0 Å². The van der Waals surface area contributed by atoms with Crippen LogP contribution in [0.5, 0.6) is 0 Å². The Balaban J connectivity index is 2.92. The van der Waals surface area contributed by atoms with E-state index >= 15 is 0 Å². The van der Waals surface area contributed by atoms with Crippen molar-refractivity contribution in [3.05, 3.63) is 18.2 Å². The van der Waals surface area contributed by atoms with Crippen molar-refractivity contribution in [2.75, 3.05) is 23.9 Å². The van der Waals surface area contributed by atoms with Crippen molar-refractivity contribution in [3.63, 3.8) is 0 Å². The van der Waals surface area contributed by atoms with Crippen LogP contribution in [0, 0.1) is 0 Å². The van der Waals surface area contributed by atoms with Crippen molar-refractivity contribution in [2.24, 2.45) is 0 Å². The minimum Gasteiger partial charge on any atom is -0.397 e. The van der Waals surface area contributed by atoms with Crippen LogP contribution in [0.2, 0.25) is 0 Å². The molecule has 0 heterocycles. The zero-order valence-corrected chi connectivity index (χ0v) is 11.5. The Hall–Kier alpha value is -1.27. The van der Waals surface area contributed by atoms with Crippen LogP contribution in [-0.2, 0) is 9.84 Å². The number of hydrogen-bond donors (Lipinski definition) is 3. The molecule has 0 aliphatic rings. The highest BCUT2D eigenvalue weighted by atomic mass is 32.2. The second kappa shape index (κ2) is 6.06. The molecule has 0 saturated heterocycles. The van der Waals surface area contributed by atoms with Gasteiger partial charge in [-0.3, -0.25) is 0 Å². The highest BCUT2D eigenvalue weighted by Gasteiger charge is 2.11. The number of nitrogens with one attached hydrogen (secondary N) is 1. The smallest absolute Gasteiger partial charge is 0.175 e. The molecule has 1 aromatic rings. The van der Waals surface area contributed by atoms with Gasteiger partial charge in [0.2, 0.25) is 0 Å². The van der Waals surface area contributed by atoms with E-state index in [4.69, 9.17) is 10.8 Å². The Bertz CT molecular complexity index is 500. The minimum absolute atomic E-state index is 0.104. The minimum atomic E-state index is -3.23. The molecule has 1 atom stereocenters. The van der Waals surface area contributed by atoms with E-state index in [1.807, 2.05) is 6.92 Å². The van der Waals surface area contributed by atoms with Gasteiger partial charge in [0.25, 0.3) is 0 Å². The van der Waals surface area contributed by atoms with Crippen LogP contribution in [0.3, 0.4) is 0 Å². The normalized spacial score (nSPS) is 13.3. The first-order valence-electron chi connectivity index (χ1n) is 5.85. The van der Waals surface area contributed by atoms with Gasteiger partial charge in [-0.1, -0.05) is 6.92 Å². The molecule has 1 rings (SSSR count). The molecule has 5 nitrogen and oxygen atoms in total. The highest BCUT2D eigenvalue weighted by Crippen LogP contribution is 2.24. The molecule has 4 N–H and O–H groups in total. The zero-order chi connectivity index (χ0) is 13.8. The van der Waals surface area contributed by atoms with Gasteiger partial charge in [0, 0.05) is 18.9 Å². The fraction of sp³-hybridized carbons (Fsp3) is 0.500.